The Morgan fingerprint density at radius 3 is 2.95 bits per heavy atom. The molecule has 94 valence electrons. The Bertz CT molecular complexity index is 772. The first-order chi connectivity index (χ1) is 9.33. The highest BCUT2D eigenvalue weighted by Gasteiger charge is 2.26. The summed E-state index contributed by atoms with van der Waals surface area (Å²) in [7, 11) is 0. The van der Waals surface area contributed by atoms with Gasteiger partial charge in [-0.05, 0) is 24.3 Å². The average molecular weight is 253 g/mol. The van der Waals surface area contributed by atoms with E-state index in [1.165, 1.54) is 0 Å². The maximum absolute atomic E-state index is 5.81. The maximum Gasteiger partial charge on any atom is 0.212 e. The molecule has 0 spiro atoms. The number of fused-ring (bicyclic) bond motifs is 3. The molecule has 0 amide bonds. The molecule has 0 bridgehead atoms. The van der Waals surface area contributed by atoms with Gasteiger partial charge in [-0.3, -0.25) is 9.88 Å². The van der Waals surface area contributed by atoms with Crippen LogP contribution in [0.2, 0.25) is 0 Å². The number of imidazole rings is 1. The van der Waals surface area contributed by atoms with Crippen molar-refractivity contribution in [2.75, 3.05) is 5.32 Å². The first-order valence-electron chi connectivity index (χ1n) is 5.93. The van der Waals surface area contributed by atoms with E-state index in [9.17, 15) is 0 Å². The zero-order valence-electron chi connectivity index (χ0n) is 9.95. The van der Waals surface area contributed by atoms with Crippen LogP contribution in [-0.2, 0) is 0 Å². The lowest BCUT2D eigenvalue weighted by atomic mass is 10.3. The van der Waals surface area contributed by atoms with Gasteiger partial charge in [0.15, 0.2) is 12.1 Å². The quantitative estimate of drug-likeness (QED) is 0.694. The van der Waals surface area contributed by atoms with E-state index in [4.69, 9.17) is 10.2 Å². The van der Waals surface area contributed by atoms with Gasteiger partial charge in [-0.2, -0.15) is 0 Å². The standard InChI is InChI=1S/C13H11N5O/c14-12-16-11(10-6-3-7-19-10)18-9-5-2-1-4-8(9)15-13(18)17-12/h1-7,11H,(H3,14,15,16,17)/t11-/m1/s1. The highest BCUT2D eigenvalue weighted by atomic mass is 16.3. The summed E-state index contributed by atoms with van der Waals surface area (Å²) < 4.78 is 7.43. The SMILES string of the molecule is NC1=N[C@@H](c2ccco2)n2c(nc3ccccc32)N1. The Labute approximate surface area is 108 Å². The number of anilines is 1. The maximum atomic E-state index is 5.81. The second kappa shape index (κ2) is 3.61. The predicted octanol–water partition coefficient (Wildman–Crippen LogP) is 1.92. The molecule has 19 heavy (non-hydrogen) atoms. The topological polar surface area (TPSA) is 81.4 Å². The lowest BCUT2D eigenvalue weighted by Crippen LogP contribution is -2.31. The van der Waals surface area contributed by atoms with Gasteiger partial charge < -0.3 is 10.2 Å². The fourth-order valence-electron chi connectivity index (χ4n) is 2.35. The molecule has 2 aromatic heterocycles. The molecule has 0 radical (unpaired) electrons. The van der Waals surface area contributed by atoms with Crippen LogP contribution in [0.15, 0.2) is 52.1 Å². The summed E-state index contributed by atoms with van der Waals surface area (Å²) in [5.41, 5.74) is 7.70. The first kappa shape index (κ1) is 10.2. The minimum absolute atomic E-state index is 0.321. The smallest absolute Gasteiger partial charge is 0.212 e. The zero-order chi connectivity index (χ0) is 12.8. The highest BCUT2D eigenvalue weighted by molar-refractivity contribution is 5.94. The predicted molar refractivity (Wildman–Crippen MR) is 71.8 cm³/mol. The summed E-state index contributed by atoms with van der Waals surface area (Å²) >= 11 is 0. The van der Waals surface area contributed by atoms with Crippen molar-refractivity contribution in [3.8, 4) is 0 Å². The van der Waals surface area contributed by atoms with Gasteiger partial charge in [-0.15, -0.1) is 0 Å². The van der Waals surface area contributed by atoms with Crippen LogP contribution in [-0.4, -0.2) is 15.5 Å². The van der Waals surface area contributed by atoms with Gasteiger partial charge in [0.05, 0.1) is 17.3 Å². The van der Waals surface area contributed by atoms with Crippen molar-refractivity contribution in [2.45, 2.75) is 6.17 Å². The van der Waals surface area contributed by atoms with Crippen molar-refractivity contribution in [3.63, 3.8) is 0 Å². The van der Waals surface area contributed by atoms with E-state index in [-0.39, 0.29) is 6.17 Å². The first-order valence-corrected chi connectivity index (χ1v) is 5.93. The van der Waals surface area contributed by atoms with E-state index >= 15 is 0 Å². The third kappa shape index (κ3) is 1.43. The van der Waals surface area contributed by atoms with E-state index in [1.54, 1.807) is 6.26 Å². The highest BCUT2D eigenvalue weighted by Crippen LogP contribution is 2.32. The molecule has 1 atom stereocenters. The third-order valence-corrected chi connectivity index (χ3v) is 3.14. The lowest BCUT2D eigenvalue weighted by molar-refractivity contribution is 0.441. The number of hydrogen-bond acceptors (Lipinski definition) is 5. The van der Waals surface area contributed by atoms with Crippen LogP contribution in [0.5, 0.6) is 0 Å². The van der Waals surface area contributed by atoms with Crippen molar-refractivity contribution in [1.29, 1.82) is 0 Å². The molecule has 4 rings (SSSR count). The van der Waals surface area contributed by atoms with E-state index in [2.05, 4.69) is 15.3 Å². The fourth-order valence-corrected chi connectivity index (χ4v) is 2.35. The summed E-state index contributed by atoms with van der Waals surface area (Å²) in [4.78, 5) is 8.91. The lowest BCUT2D eigenvalue weighted by Gasteiger charge is -2.21. The summed E-state index contributed by atoms with van der Waals surface area (Å²) in [6.45, 7) is 0. The molecule has 3 aromatic rings. The van der Waals surface area contributed by atoms with Gasteiger partial charge in [0.25, 0.3) is 0 Å². The van der Waals surface area contributed by atoms with Crippen LogP contribution < -0.4 is 11.1 Å². The summed E-state index contributed by atoms with van der Waals surface area (Å²) in [5, 5.41) is 2.98. The van der Waals surface area contributed by atoms with Gasteiger partial charge in [0.1, 0.15) is 5.76 Å². The average Bonchev–Trinajstić information content (AvgIpc) is 3.04. The van der Waals surface area contributed by atoms with E-state index in [1.807, 2.05) is 41.0 Å². The van der Waals surface area contributed by atoms with Crippen LogP contribution in [0.4, 0.5) is 5.95 Å². The summed E-state index contributed by atoms with van der Waals surface area (Å²) in [6, 6.07) is 11.6. The molecular weight excluding hydrogens is 242 g/mol. The van der Waals surface area contributed by atoms with Gasteiger partial charge >= 0.3 is 0 Å². The zero-order valence-corrected chi connectivity index (χ0v) is 9.95. The molecule has 0 fully saturated rings. The molecule has 6 nitrogen and oxygen atoms in total. The number of benzene rings is 1. The molecule has 1 aliphatic rings. The molecule has 0 saturated carbocycles. The van der Waals surface area contributed by atoms with Crippen LogP contribution in [0.25, 0.3) is 11.0 Å². The van der Waals surface area contributed by atoms with E-state index in [0.29, 0.717) is 11.9 Å². The van der Waals surface area contributed by atoms with Crippen LogP contribution in [0.3, 0.4) is 0 Å². The molecule has 1 aromatic carbocycles. The molecule has 0 aliphatic carbocycles. The fraction of sp³-hybridized carbons (Fsp3) is 0.0769. The molecular formula is C13H11N5O. The molecule has 0 saturated heterocycles. The van der Waals surface area contributed by atoms with Crippen molar-refractivity contribution >= 4 is 22.9 Å². The largest absolute Gasteiger partial charge is 0.465 e. The van der Waals surface area contributed by atoms with E-state index in [0.717, 1.165) is 16.8 Å². The summed E-state index contributed by atoms with van der Waals surface area (Å²) in [6.07, 6.45) is 1.31. The van der Waals surface area contributed by atoms with Crippen molar-refractivity contribution < 1.29 is 4.42 Å². The number of aromatic nitrogens is 2. The van der Waals surface area contributed by atoms with Gasteiger partial charge in [0, 0.05) is 0 Å². The van der Waals surface area contributed by atoms with E-state index < -0.39 is 0 Å². The molecule has 3 N–H and O–H groups in total. The minimum Gasteiger partial charge on any atom is -0.465 e. The van der Waals surface area contributed by atoms with Crippen molar-refractivity contribution in [1.82, 2.24) is 9.55 Å². The molecule has 1 aliphatic heterocycles. The van der Waals surface area contributed by atoms with Crippen LogP contribution >= 0.6 is 0 Å². The number of rotatable bonds is 1. The van der Waals surface area contributed by atoms with Crippen molar-refractivity contribution in [3.05, 3.63) is 48.4 Å². The number of hydrogen-bond donors (Lipinski definition) is 2. The third-order valence-electron chi connectivity index (χ3n) is 3.14. The van der Waals surface area contributed by atoms with Gasteiger partial charge in [-0.25, -0.2) is 9.98 Å². The monoisotopic (exact) mass is 253 g/mol. The van der Waals surface area contributed by atoms with Crippen LogP contribution in [0.1, 0.15) is 11.9 Å². The number of guanidine groups is 1. The Balaban J connectivity index is 2.00. The number of furan rings is 1. The summed E-state index contributed by atoms with van der Waals surface area (Å²) in [5.74, 6) is 1.74. The van der Waals surface area contributed by atoms with Crippen molar-refractivity contribution in [2.24, 2.45) is 10.7 Å². The second-order valence-corrected chi connectivity index (χ2v) is 4.32. The number of nitrogens with one attached hydrogen (secondary N) is 1. The number of nitrogens with zero attached hydrogens (tertiary/aromatic N) is 3. The van der Waals surface area contributed by atoms with Gasteiger partial charge in [-0.1, -0.05) is 12.1 Å². The second-order valence-electron chi connectivity index (χ2n) is 4.32. The molecule has 6 heteroatoms. The Kier molecular flexibility index (Phi) is 1.94. The Morgan fingerprint density at radius 1 is 1.21 bits per heavy atom. The Morgan fingerprint density at radius 2 is 2.11 bits per heavy atom. The van der Waals surface area contributed by atoms with Crippen LogP contribution in [0, 0.1) is 0 Å². The van der Waals surface area contributed by atoms with Gasteiger partial charge in [0.2, 0.25) is 5.95 Å². The number of nitrogens with two attached hydrogens (primary N) is 1. The normalized spacial score (nSPS) is 17.9. The Hall–Kier alpha value is -2.76. The molecule has 0 unspecified atom stereocenters. The number of para-hydroxylation sites is 2. The number of aliphatic imine (C=N–C) groups is 1. The molecule has 3 heterocycles. The minimum atomic E-state index is -0.321.